The molecule has 1 atom stereocenters. The van der Waals surface area contributed by atoms with Crippen LogP contribution in [0.4, 0.5) is 0 Å². The van der Waals surface area contributed by atoms with Gasteiger partial charge in [0.25, 0.3) is 0 Å². The molecule has 11 heavy (non-hydrogen) atoms. The van der Waals surface area contributed by atoms with Crippen molar-refractivity contribution in [1.29, 1.82) is 0 Å². The summed E-state index contributed by atoms with van der Waals surface area (Å²) in [5.41, 5.74) is 0. The molecule has 64 valence electrons. The van der Waals surface area contributed by atoms with Gasteiger partial charge in [0.1, 0.15) is 0 Å². The van der Waals surface area contributed by atoms with E-state index in [1.165, 1.54) is 13.0 Å². The van der Waals surface area contributed by atoms with Crippen molar-refractivity contribution in [3.63, 3.8) is 0 Å². The number of carboxylic acid groups (broad SMARTS) is 1. The molecular weight excluding hydrogens is 148 g/mol. The summed E-state index contributed by atoms with van der Waals surface area (Å²) in [7, 11) is 0. The minimum Gasteiger partial charge on any atom is -0.479 e. The molecule has 0 bridgehead atoms. The SMILES string of the molecule is CC(OCC=CCO)C(=O)O. The maximum absolute atomic E-state index is 10.2. The first-order chi connectivity index (χ1) is 5.18. The van der Waals surface area contributed by atoms with Gasteiger partial charge >= 0.3 is 5.97 Å². The first-order valence-electron chi connectivity index (χ1n) is 3.28. The topological polar surface area (TPSA) is 66.8 Å². The van der Waals surface area contributed by atoms with Crippen LogP contribution in [0.15, 0.2) is 12.2 Å². The average molecular weight is 160 g/mol. The number of aliphatic hydroxyl groups is 1. The quantitative estimate of drug-likeness (QED) is 0.556. The van der Waals surface area contributed by atoms with Gasteiger partial charge in [-0.05, 0) is 6.92 Å². The Morgan fingerprint density at radius 2 is 2.27 bits per heavy atom. The first kappa shape index (κ1) is 10.1. The molecule has 4 nitrogen and oxygen atoms in total. The number of aliphatic hydroxyl groups excluding tert-OH is 1. The molecule has 0 heterocycles. The minimum absolute atomic E-state index is 0.0508. The van der Waals surface area contributed by atoms with Gasteiger partial charge in [0.15, 0.2) is 6.10 Å². The lowest BCUT2D eigenvalue weighted by molar-refractivity contribution is -0.148. The molecule has 0 spiro atoms. The largest absolute Gasteiger partial charge is 0.479 e. The van der Waals surface area contributed by atoms with Gasteiger partial charge in [-0.15, -0.1) is 0 Å². The van der Waals surface area contributed by atoms with Gasteiger partial charge in [-0.25, -0.2) is 4.79 Å². The summed E-state index contributed by atoms with van der Waals surface area (Å²) in [4.78, 5) is 10.2. The van der Waals surface area contributed by atoms with Gasteiger partial charge < -0.3 is 14.9 Å². The van der Waals surface area contributed by atoms with Crippen LogP contribution >= 0.6 is 0 Å². The summed E-state index contributed by atoms with van der Waals surface area (Å²) >= 11 is 0. The number of hydrogen-bond acceptors (Lipinski definition) is 3. The van der Waals surface area contributed by atoms with Gasteiger partial charge in [0.2, 0.25) is 0 Å². The zero-order valence-corrected chi connectivity index (χ0v) is 6.36. The lowest BCUT2D eigenvalue weighted by Gasteiger charge is -2.04. The van der Waals surface area contributed by atoms with E-state index in [0.29, 0.717) is 0 Å². The minimum atomic E-state index is -0.984. The highest BCUT2D eigenvalue weighted by atomic mass is 16.5. The van der Waals surface area contributed by atoms with Crippen LogP contribution < -0.4 is 0 Å². The van der Waals surface area contributed by atoms with Crippen LogP contribution in [0.3, 0.4) is 0 Å². The molecule has 0 fully saturated rings. The molecule has 0 amide bonds. The van der Waals surface area contributed by atoms with Crippen molar-refractivity contribution >= 4 is 5.97 Å². The number of ether oxygens (including phenoxy) is 1. The van der Waals surface area contributed by atoms with Crippen LogP contribution in [-0.4, -0.2) is 35.5 Å². The third-order valence-corrected chi connectivity index (χ3v) is 1.06. The lowest BCUT2D eigenvalue weighted by Crippen LogP contribution is -2.19. The fourth-order valence-corrected chi connectivity index (χ4v) is 0.414. The molecule has 4 heteroatoms. The number of carbonyl (C=O) groups is 1. The molecule has 0 saturated carbocycles. The molecule has 2 N–H and O–H groups in total. The van der Waals surface area contributed by atoms with Gasteiger partial charge in [-0.1, -0.05) is 12.2 Å². The monoisotopic (exact) mass is 160 g/mol. The van der Waals surface area contributed by atoms with E-state index in [1.54, 1.807) is 6.08 Å². The van der Waals surface area contributed by atoms with E-state index in [0.717, 1.165) is 0 Å². The van der Waals surface area contributed by atoms with Crippen molar-refractivity contribution < 1.29 is 19.7 Å². The summed E-state index contributed by atoms with van der Waals surface area (Å²) in [6, 6.07) is 0. The lowest BCUT2D eigenvalue weighted by atomic mass is 10.4. The predicted octanol–water partition coefficient (Wildman–Crippen LogP) is 0.0246. The Hall–Kier alpha value is -0.870. The zero-order chi connectivity index (χ0) is 8.69. The summed E-state index contributed by atoms with van der Waals surface area (Å²) in [5, 5.41) is 16.6. The van der Waals surface area contributed by atoms with E-state index in [1.807, 2.05) is 0 Å². The molecule has 0 saturated heterocycles. The van der Waals surface area contributed by atoms with Crippen LogP contribution in [0.2, 0.25) is 0 Å². The maximum atomic E-state index is 10.2. The Morgan fingerprint density at radius 3 is 2.73 bits per heavy atom. The Morgan fingerprint density at radius 1 is 1.64 bits per heavy atom. The Balaban J connectivity index is 3.38. The van der Waals surface area contributed by atoms with E-state index in [4.69, 9.17) is 14.9 Å². The van der Waals surface area contributed by atoms with E-state index in [-0.39, 0.29) is 13.2 Å². The highest BCUT2D eigenvalue weighted by Crippen LogP contribution is 1.89. The smallest absolute Gasteiger partial charge is 0.332 e. The van der Waals surface area contributed by atoms with E-state index in [2.05, 4.69) is 0 Å². The van der Waals surface area contributed by atoms with Gasteiger partial charge in [0, 0.05) is 0 Å². The van der Waals surface area contributed by atoms with Crippen LogP contribution in [0, 0.1) is 0 Å². The van der Waals surface area contributed by atoms with Crippen LogP contribution in [0.1, 0.15) is 6.92 Å². The zero-order valence-electron chi connectivity index (χ0n) is 6.36. The Kier molecular flexibility index (Phi) is 5.42. The Labute approximate surface area is 65.1 Å². The molecule has 0 aliphatic heterocycles. The summed E-state index contributed by atoms with van der Waals surface area (Å²) in [6.45, 7) is 1.62. The number of carboxylic acids is 1. The van der Waals surface area contributed by atoms with E-state index < -0.39 is 12.1 Å². The molecule has 0 aliphatic carbocycles. The van der Waals surface area contributed by atoms with Crippen molar-refractivity contribution in [2.45, 2.75) is 13.0 Å². The van der Waals surface area contributed by atoms with E-state index in [9.17, 15) is 4.79 Å². The molecule has 1 unspecified atom stereocenters. The van der Waals surface area contributed by atoms with Gasteiger partial charge in [-0.3, -0.25) is 0 Å². The number of aliphatic carboxylic acids is 1. The highest BCUT2D eigenvalue weighted by molar-refractivity contribution is 5.71. The molecular formula is C7H12O4. The second kappa shape index (κ2) is 5.88. The number of rotatable bonds is 5. The third kappa shape index (κ3) is 5.57. The molecule has 0 aliphatic rings. The second-order valence-corrected chi connectivity index (χ2v) is 1.97. The van der Waals surface area contributed by atoms with Crippen molar-refractivity contribution in [2.24, 2.45) is 0 Å². The second-order valence-electron chi connectivity index (χ2n) is 1.97. The highest BCUT2D eigenvalue weighted by Gasteiger charge is 2.08. The van der Waals surface area contributed by atoms with E-state index >= 15 is 0 Å². The van der Waals surface area contributed by atoms with Crippen LogP contribution in [0.5, 0.6) is 0 Å². The fourth-order valence-electron chi connectivity index (χ4n) is 0.414. The van der Waals surface area contributed by atoms with Crippen molar-refractivity contribution in [3.05, 3.63) is 12.2 Å². The number of hydrogen-bond donors (Lipinski definition) is 2. The molecule has 0 aromatic rings. The summed E-state index contributed by atoms with van der Waals surface area (Å²) < 4.78 is 4.81. The molecule has 0 aromatic carbocycles. The summed E-state index contributed by atoms with van der Waals surface area (Å²) in [6.07, 6.45) is 2.27. The van der Waals surface area contributed by atoms with Crippen molar-refractivity contribution in [1.82, 2.24) is 0 Å². The normalized spacial score (nSPS) is 13.6. The molecule has 0 radical (unpaired) electrons. The summed E-state index contributed by atoms with van der Waals surface area (Å²) in [5.74, 6) is -0.984. The van der Waals surface area contributed by atoms with Crippen LogP contribution in [-0.2, 0) is 9.53 Å². The first-order valence-corrected chi connectivity index (χ1v) is 3.28. The third-order valence-electron chi connectivity index (χ3n) is 1.06. The van der Waals surface area contributed by atoms with Gasteiger partial charge in [-0.2, -0.15) is 0 Å². The average Bonchev–Trinajstić information content (AvgIpc) is 1.97. The fraction of sp³-hybridized carbons (Fsp3) is 0.571. The molecule has 0 rings (SSSR count). The Bertz CT molecular complexity index is 141. The maximum Gasteiger partial charge on any atom is 0.332 e. The van der Waals surface area contributed by atoms with Gasteiger partial charge in [0.05, 0.1) is 13.2 Å². The predicted molar refractivity (Wildman–Crippen MR) is 39.3 cm³/mol. The van der Waals surface area contributed by atoms with Crippen molar-refractivity contribution in [2.75, 3.05) is 13.2 Å². The standard InChI is InChI=1S/C7H12O4/c1-6(7(9)10)11-5-3-2-4-8/h2-3,6,8H,4-5H2,1H3,(H,9,10). The van der Waals surface area contributed by atoms with Crippen LogP contribution in [0.25, 0.3) is 0 Å². The van der Waals surface area contributed by atoms with Crippen molar-refractivity contribution in [3.8, 4) is 0 Å². The molecule has 0 aromatic heterocycles.